The molecule has 0 spiro atoms. The Morgan fingerprint density at radius 3 is 1.78 bits per heavy atom. The minimum Gasteiger partial charge on any atom is -0.455 e. The summed E-state index contributed by atoms with van der Waals surface area (Å²) in [5.74, 6) is 1.83. The molecule has 3 heterocycles. The molecule has 0 radical (unpaired) electrons. The van der Waals surface area contributed by atoms with Crippen molar-refractivity contribution in [2.45, 2.75) is 26.2 Å². The van der Waals surface area contributed by atoms with Crippen molar-refractivity contribution in [1.82, 2.24) is 19.5 Å². The topological polar surface area (TPSA) is 56.7 Å². The second-order valence-electron chi connectivity index (χ2n) is 14.9. The number of para-hydroxylation sites is 3. The van der Waals surface area contributed by atoms with Gasteiger partial charge >= 0.3 is 0 Å². The van der Waals surface area contributed by atoms with Crippen LogP contribution in [0.15, 0.2) is 168 Å². The standard InChI is InChI=1S/C49H36N4O/c1-49(2,3)34-26-28-42-39(30-34)36-19-10-12-23-41(36)53(42)43-27-25-33(35-21-14-22-38-37-20-11-13-24-44(37)54-45(35)38)29-40(43)48-51-46(31-15-6-4-7-16-31)50-47(52-48)32-17-8-5-9-18-32/h4-30H,1-3H3. The Morgan fingerprint density at radius 2 is 1.06 bits per heavy atom. The van der Waals surface area contributed by atoms with Gasteiger partial charge in [-0.1, -0.05) is 148 Å². The molecule has 0 N–H and O–H groups in total. The molecule has 0 aliphatic rings. The molecule has 0 aliphatic carbocycles. The Kier molecular flexibility index (Phi) is 7.31. The first-order valence-electron chi connectivity index (χ1n) is 18.4. The van der Waals surface area contributed by atoms with Crippen molar-refractivity contribution in [2.75, 3.05) is 0 Å². The van der Waals surface area contributed by atoms with Crippen LogP contribution >= 0.6 is 0 Å². The molecule has 5 nitrogen and oxygen atoms in total. The fourth-order valence-corrected chi connectivity index (χ4v) is 7.68. The molecule has 10 rings (SSSR count). The molecule has 0 fully saturated rings. The summed E-state index contributed by atoms with van der Waals surface area (Å²) in [4.78, 5) is 15.5. The zero-order valence-corrected chi connectivity index (χ0v) is 30.3. The van der Waals surface area contributed by atoms with Crippen LogP contribution in [0, 0.1) is 0 Å². The zero-order valence-electron chi connectivity index (χ0n) is 30.3. The summed E-state index contributed by atoms with van der Waals surface area (Å²) in [6, 6.07) is 57.1. The first-order valence-corrected chi connectivity index (χ1v) is 18.4. The number of rotatable bonds is 5. The molecule has 0 aliphatic heterocycles. The molecular formula is C49H36N4O. The maximum Gasteiger partial charge on any atom is 0.166 e. The van der Waals surface area contributed by atoms with Gasteiger partial charge in [-0.25, -0.2) is 15.0 Å². The van der Waals surface area contributed by atoms with Crippen LogP contribution < -0.4 is 0 Å². The molecule has 0 atom stereocenters. The number of benzene rings is 7. The van der Waals surface area contributed by atoms with Crippen molar-refractivity contribution in [2.24, 2.45) is 0 Å². The van der Waals surface area contributed by atoms with E-state index in [1.165, 1.54) is 16.3 Å². The van der Waals surface area contributed by atoms with Crippen LogP contribution in [0.3, 0.4) is 0 Å². The molecule has 10 aromatic rings. The predicted molar refractivity (Wildman–Crippen MR) is 222 cm³/mol. The van der Waals surface area contributed by atoms with Gasteiger partial charge in [0.15, 0.2) is 17.5 Å². The highest BCUT2D eigenvalue weighted by Gasteiger charge is 2.23. The van der Waals surface area contributed by atoms with E-state index < -0.39 is 0 Å². The molecule has 0 saturated carbocycles. The first-order chi connectivity index (χ1) is 26.4. The van der Waals surface area contributed by atoms with Crippen LogP contribution in [0.2, 0.25) is 0 Å². The summed E-state index contributed by atoms with van der Waals surface area (Å²) in [5, 5.41) is 4.60. The van der Waals surface area contributed by atoms with Gasteiger partial charge in [0.25, 0.3) is 0 Å². The zero-order chi connectivity index (χ0) is 36.4. The van der Waals surface area contributed by atoms with Crippen LogP contribution in [0.1, 0.15) is 26.3 Å². The van der Waals surface area contributed by atoms with E-state index in [1.807, 2.05) is 72.8 Å². The summed E-state index contributed by atoms with van der Waals surface area (Å²) < 4.78 is 8.91. The molecule has 54 heavy (non-hydrogen) atoms. The molecule has 0 amide bonds. The van der Waals surface area contributed by atoms with Crippen molar-refractivity contribution in [3.8, 4) is 51.0 Å². The number of hydrogen-bond acceptors (Lipinski definition) is 4. The highest BCUT2D eigenvalue weighted by molar-refractivity contribution is 6.11. The molecule has 5 heteroatoms. The number of aromatic nitrogens is 4. The van der Waals surface area contributed by atoms with E-state index in [1.54, 1.807) is 0 Å². The maximum atomic E-state index is 6.55. The van der Waals surface area contributed by atoms with Crippen LogP contribution in [0.25, 0.3) is 94.7 Å². The van der Waals surface area contributed by atoms with E-state index in [9.17, 15) is 0 Å². The average Bonchev–Trinajstić information content (AvgIpc) is 3.76. The van der Waals surface area contributed by atoms with Crippen molar-refractivity contribution in [1.29, 1.82) is 0 Å². The summed E-state index contributed by atoms with van der Waals surface area (Å²) >= 11 is 0. The largest absolute Gasteiger partial charge is 0.455 e. The van der Waals surface area contributed by atoms with Crippen LogP contribution in [-0.2, 0) is 5.41 Å². The third kappa shape index (κ3) is 5.28. The fourth-order valence-electron chi connectivity index (χ4n) is 7.68. The van der Waals surface area contributed by atoms with Crippen molar-refractivity contribution < 1.29 is 4.42 Å². The molecule has 7 aromatic carbocycles. The van der Waals surface area contributed by atoms with E-state index in [4.69, 9.17) is 19.4 Å². The predicted octanol–water partition coefficient (Wildman–Crippen LogP) is 12.8. The summed E-state index contributed by atoms with van der Waals surface area (Å²) in [6.45, 7) is 6.80. The molecular weight excluding hydrogens is 661 g/mol. The quantitative estimate of drug-likeness (QED) is 0.180. The van der Waals surface area contributed by atoms with E-state index in [2.05, 4.69) is 116 Å². The van der Waals surface area contributed by atoms with Crippen LogP contribution in [-0.4, -0.2) is 19.5 Å². The smallest absolute Gasteiger partial charge is 0.166 e. The normalized spacial score (nSPS) is 12.0. The average molecular weight is 697 g/mol. The third-order valence-electron chi connectivity index (χ3n) is 10.4. The van der Waals surface area contributed by atoms with E-state index in [0.717, 1.165) is 66.5 Å². The summed E-state index contributed by atoms with van der Waals surface area (Å²) in [7, 11) is 0. The monoisotopic (exact) mass is 696 g/mol. The Labute approximate surface area is 313 Å². The number of hydrogen-bond donors (Lipinski definition) is 0. The number of furan rings is 1. The third-order valence-corrected chi connectivity index (χ3v) is 10.4. The minimum atomic E-state index is 0.00837. The Balaban J connectivity index is 1.29. The maximum absolute atomic E-state index is 6.55. The number of fused-ring (bicyclic) bond motifs is 6. The second-order valence-corrected chi connectivity index (χ2v) is 14.9. The van der Waals surface area contributed by atoms with Crippen LogP contribution in [0.4, 0.5) is 0 Å². The van der Waals surface area contributed by atoms with Gasteiger partial charge in [0.2, 0.25) is 0 Å². The van der Waals surface area contributed by atoms with Crippen molar-refractivity contribution in [3.63, 3.8) is 0 Å². The highest BCUT2D eigenvalue weighted by atomic mass is 16.3. The lowest BCUT2D eigenvalue weighted by atomic mass is 9.86. The van der Waals surface area contributed by atoms with Gasteiger partial charge in [-0.05, 0) is 52.9 Å². The van der Waals surface area contributed by atoms with Gasteiger partial charge in [0, 0.05) is 43.8 Å². The summed E-state index contributed by atoms with van der Waals surface area (Å²) in [5.41, 5.74) is 11.0. The van der Waals surface area contributed by atoms with Gasteiger partial charge in [0.1, 0.15) is 11.2 Å². The Hall–Kier alpha value is -6.85. The van der Waals surface area contributed by atoms with E-state index >= 15 is 0 Å². The first kappa shape index (κ1) is 31.9. The lowest BCUT2D eigenvalue weighted by molar-refractivity contribution is 0.591. The van der Waals surface area contributed by atoms with Gasteiger partial charge in [-0.15, -0.1) is 0 Å². The molecule has 0 unspecified atom stereocenters. The molecule has 258 valence electrons. The molecule has 0 bridgehead atoms. The van der Waals surface area contributed by atoms with E-state index in [-0.39, 0.29) is 5.41 Å². The van der Waals surface area contributed by atoms with Gasteiger partial charge in [-0.3, -0.25) is 0 Å². The Morgan fingerprint density at radius 1 is 0.444 bits per heavy atom. The lowest BCUT2D eigenvalue weighted by Gasteiger charge is -2.19. The molecule has 0 saturated heterocycles. The summed E-state index contributed by atoms with van der Waals surface area (Å²) in [6.07, 6.45) is 0. The SMILES string of the molecule is CC(C)(C)c1ccc2c(c1)c1ccccc1n2-c1ccc(-c2cccc3c2oc2ccccc23)cc1-c1nc(-c2ccccc2)nc(-c2ccccc2)n1. The number of nitrogens with zero attached hydrogens (tertiary/aromatic N) is 4. The highest BCUT2D eigenvalue weighted by Crippen LogP contribution is 2.41. The van der Waals surface area contributed by atoms with Gasteiger partial charge in [-0.2, -0.15) is 0 Å². The van der Waals surface area contributed by atoms with E-state index in [0.29, 0.717) is 17.5 Å². The van der Waals surface area contributed by atoms with Crippen molar-refractivity contribution >= 4 is 43.7 Å². The van der Waals surface area contributed by atoms with Gasteiger partial charge in [0.05, 0.1) is 16.7 Å². The van der Waals surface area contributed by atoms with Crippen molar-refractivity contribution in [3.05, 3.63) is 169 Å². The second kappa shape index (κ2) is 12.4. The fraction of sp³-hybridized carbons (Fsp3) is 0.0816. The Bertz CT molecular complexity index is 2970. The van der Waals surface area contributed by atoms with Crippen LogP contribution in [0.5, 0.6) is 0 Å². The lowest BCUT2D eigenvalue weighted by Crippen LogP contribution is -2.10. The molecule has 3 aromatic heterocycles. The van der Waals surface area contributed by atoms with Gasteiger partial charge < -0.3 is 8.98 Å². The minimum absolute atomic E-state index is 0.00837.